The van der Waals surface area contributed by atoms with Crippen molar-refractivity contribution in [3.05, 3.63) is 47.9 Å². The van der Waals surface area contributed by atoms with E-state index in [0.29, 0.717) is 6.54 Å². The summed E-state index contributed by atoms with van der Waals surface area (Å²) in [5, 5.41) is 1.19. The zero-order valence-electron chi connectivity index (χ0n) is 10.1. The molecule has 0 radical (unpaired) electrons. The Kier molecular flexibility index (Phi) is 2.57. The van der Waals surface area contributed by atoms with E-state index in [1.807, 2.05) is 0 Å². The van der Waals surface area contributed by atoms with Crippen LogP contribution in [-0.4, -0.2) is 15.0 Å². The summed E-state index contributed by atoms with van der Waals surface area (Å²) in [6, 6.07) is 8.41. The van der Waals surface area contributed by atoms with Crippen molar-refractivity contribution in [1.82, 2.24) is 15.0 Å². The van der Waals surface area contributed by atoms with Crippen molar-refractivity contribution in [2.24, 2.45) is 5.73 Å². The third kappa shape index (κ3) is 1.87. The van der Waals surface area contributed by atoms with Crippen LogP contribution >= 0.6 is 0 Å². The number of rotatable bonds is 2. The molecule has 0 atom stereocenters. The molecule has 0 aliphatic rings. The first-order chi connectivity index (χ1) is 8.76. The summed E-state index contributed by atoms with van der Waals surface area (Å²) in [7, 11) is 0. The zero-order chi connectivity index (χ0) is 12.5. The van der Waals surface area contributed by atoms with Crippen LogP contribution in [-0.2, 0) is 6.54 Å². The van der Waals surface area contributed by atoms with Gasteiger partial charge in [-0.15, -0.1) is 0 Å². The van der Waals surface area contributed by atoms with Crippen LogP contribution in [0.4, 0.5) is 0 Å². The molecule has 0 aliphatic heterocycles. The van der Waals surface area contributed by atoms with Crippen molar-refractivity contribution in [1.29, 1.82) is 0 Å². The van der Waals surface area contributed by atoms with Gasteiger partial charge in [0.05, 0.1) is 23.8 Å². The summed E-state index contributed by atoms with van der Waals surface area (Å²) < 4.78 is 0. The van der Waals surface area contributed by atoms with Crippen molar-refractivity contribution in [2.75, 3.05) is 0 Å². The highest BCUT2D eigenvalue weighted by atomic mass is 14.8. The Hall–Kier alpha value is -2.20. The first kappa shape index (κ1) is 10.9. The van der Waals surface area contributed by atoms with Gasteiger partial charge in [0.25, 0.3) is 0 Å². The molecule has 0 spiro atoms. The lowest BCUT2D eigenvalue weighted by Crippen LogP contribution is -2.00. The van der Waals surface area contributed by atoms with Gasteiger partial charge in [-0.2, -0.15) is 0 Å². The Labute approximate surface area is 105 Å². The van der Waals surface area contributed by atoms with Gasteiger partial charge in [-0.05, 0) is 25.1 Å². The van der Waals surface area contributed by atoms with Crippen LogP contribution in [0.15, 0.2) is 36.7 Å². The van der Waals surface area contributed by atoms with Crippen LogP contribution in [0.3, 0.4) is 0 Å². The second-order valence-electron chi connectivity index (χ2n) is 4.37. The quantitative estimate of drug-likeness (QED) is 0.720. The van der Waals surface area contributed by atoms with Gasteiger partial charge in [-0.3, -0.25) is 9.97 Å². The van der Waals surface area contributed by atoms with Crippen molar-refractivity contribution in [3.8, 4) is 11.4 Å². The normalized spacial score (nSPS) is 11.0. The molecule has 90 valence electrons. The number of hydrogen-bond acceptors (Lipinski definition) is 3. The minimum Gasteiger partial charge on any atom is -0.353 e. The number of aryl methyl sites for hydroxylation is 1. The summed E-state index contributed by atoms with van der Waals surface area (Å²) >= 11 is 0. The Bertz CT molecular complexity index is 683. The monoisotopic (exact) mass is 238 g/mol. The molecular formula is C14H14N4. The smallest absolute Gasteiger partial charge is 0.105 e. The van der Waals surface area contributed by atoms with Gasteiger partial charge in [0.2, 0.25) is 0 Å². The SMILES string of the molecule is Cc1ccc2[nH]c(-c3cnc(CN)cn3)cc2c1. The predicted octanol–water partition coefficient (Wildman–Crippen LogP) is 2.39. The summed E-state index contributed by atoms with van der Waals surface area (Å²) in [4.78, 5) is 12.0. The lowest BCUT2D eigenvalue weighted by molar-refractivity contribution is 0.965. The van der Waals surface area contributed by atoms with Crippen molar-refractivity contribution < 1.29 is 0 Å². The summed E-state index contributed by atoms with van der Waals surface area (Å²) in [5.74, 6) is 0. The van der Waals surface area contributed by atoms with E-state index in [9.17, 15) is 0 Å². The molecule has 0 unspecified atom stereocenters. The Morgan fingerprint density at radius 3 is 2.78 bits per heavy atom. The number of nitrogens with two attached hydrogens (primary N) is 1. The molecule has 4 heteroatoms. The molecule has 3 rings (SSSR count). The Morgan fingerprint density at radius 2 is 2.06 bits per heavy atom. The number of H-pyrrole nitrogens is 1. The van der Waals surface area contributed by atoms with Gasteiger partial charge in [-0.25, -0.2) is 0 Å². The molecule has 2 aromatic heterocycles. The number of nitrogens with zero attached hydrogens (tertiary/aromatic N) is 2. The van der Waals surface area contributed by atoms with E-state index in [1.165, 1.54) is 10.9 Å². The molecule has 0 saturated heterocycles. The number of benzene rings is 1. The minimum absolute atomic E-state index is 0.416. The largest absolute Gasteiger partial charge is 0.353 e. The topological polar surface area (TPSA) is 67.6 Å². The molecule has 1 aromatic carbocycles. The molecule has 18 heavy (non-hydrogen) atoms. The van der Waals surface area contributed by atoms with Gasteiger partial charge in [0, 0.05) is 17.4 Å². The minimum atomic E-state index is 0.416. The van der Waals surface area contributed by atoms with E-state index >= 15 is 0 Å². The highest BCUT2D eigenvalue weighted by molar-refractivity contribution is 5.85. The van der Waals surface area contributed by atoms with E-state index in [1.54, 1.807) is 12.4 Å². The average molecular weight is 238 g/mol. The molecule has 0 fully saturated rings. The molecule has 4 nitrogen and oxygen atoms in total. The van der Waals surface area contributed by atoms with Gasteiger partial charge in [0.15, 0.2) is 0 Å². The van der Waals surface area contributed by atoms with Crippen LogP contribution in [0.2, 0.25) is 0 Å². The van der Waals surface area contributed by atoms with Crippen LogP contribution in [0.25, 0.3) is 22.3 Å². The predicted molar refractivity (Wildman–Crippen MR) is 72.0 cm³/mol. The molecule has 3 aromatic rings. The second kappa shape index (κ2) is 4.23. The first-order valence-corrected chi connectivity index (χ1v) is 5.87. The van der Waals surface area contributed by atoms with Crippen LogP contribution < -0.4 is 5.73 Å². The molecule has 0 saturated carbocycles. The number of fused-ring (bicyclic) bond motifs is 1. The maximum absolute atomic E-state index is 5.51. The number of aromatic amines is 1. The Balaban J connectivity index is 2.07. The molecule has 3 N–H and O–H groups in total. The highest BCUT2D eigenvalue weighted by Gasteiger charge is 2.05. The molecule has 0 bridgehead atoms. The van der Waals surface area contributed by atoms with Gasteiger partial charge < -0.3 is 10.7 Å². The van der Waals surface area contributed by atoms with E-state index in [4.69, 9.17) is 5.73 Å². The van der Waals surface area contributed by atoms with Crippen LogP contribution in [0.5, 0.6) is 0 Å². The van der Waals surface area contributed by atoms with Crippen molar-refractivity contribution >= 4 is 10.9 Å². The summed E-state index contributed by atoms with van der Waals surface area (Å²) in [6.07, 6.45) is 3.46. The summed E-state index contributed by atoms with van der Waals surface area (Å²) in [5.41, 5.74) is 10.5. The van der Waals surface area contributed by atoms with Crippen LogP contribution in [0.1, 0.15) is 11.3 Å². The summed E-state index contributed by atoms with van der Waals surface area (Å²) in [6.45, 7) is 2.50. The standard InChI is InChI=1S/C14H14N4/c1-9-2-3-12-10(4-9)5-13(18-12)14-8-16-11(6-15)7-17-14/h2-5,7-8,18H,6,15H2,1H3. The van der Waals surface area contributed by atoms with Gasteiger partial charge in [-0.1, -0.05) is 11.6 Å². The fourth-order valence-electron chi connectivity index (χ4n) is 1.99. The molecule has 2 heterocycles. The zero-order valence-corrected chi connectivity index (χ0v) is 10.1. The fourth-order valence-corrected chi connectivity index (χ4v) is 1.99. The fraction of sp³-hybridized carbons (Fsp3) is 0.143. The molecule has 0 amide bonds. The van der Waals surface area contributed by atoms with E-state index in [-0.39, 0.29) is 0 Å². The maximum atomic E-state index is 5.51. The van der Waals surface area contributed by atoms with Crippen molar-refractivity contribution in [3.63, 3.8) is 0 Å². The third-order valence-electron chi connectivity index (χ3n) is 2.97. The average Bonchev–Trinajstić information content (AvgIpc) is 2.81. The van der Waals surface area contributed by atoms with E-state index in [0.717, 1.165) is 22.6 Å². The van der Waals surface area contributed by atoms with E-state index < -0.39 is 0 Å². The number of aromatic nitrogens is 3. The van der Waals surface area contributed by atoms with Gasteiger partial charge >= 0.3 is 0 Å². The lowest BCUT2D eigenvalue weighted by Gasteiger charge is -1.98. The first-order valence-electron chi connectivity index (χ1n) is 5.87. The second-order valence-corrected chi connectivity index (χ2v) is 4.37. The van der Waals surface area contributed by atoms with E-state index in [2.05, 4.69) is 46.1 Å². The Morgan fingerprint density at radius 1 is 1.17 bits per heavy atom. The number of nitrogens with one attached hydrogen (secondary N) is 1. The maximum Gasteiger partial charge on any atom is 0.105 e. The third-order valence-corrected chi connectivity index (χ3v) is 2.97. The molecule has 0 aliphatic carbocycles. The van der Waals surface area contributed by atoms with Crippen molar-refractivity contribution in [2.45, 2.75) is 13.5 Å². The van der Waals surface area contributed by atoms with Gasteiger partial charge in [0.1, 0.15) is 5.69 Å². The molecular weight excluding hydrogens is 224 g/mol. The van der Waals surface area contributed by atoms with Crippen LogP contribution in [0, 0.1) is 6.92 Å². The number of hydrogen-bond donors (Lipinski definition) is 2. The lowest BCUT2D eigenvalue weighted by atomic mass is 10.2. The highest BCUT2D eigenvalue weighted by Crippen LogP contribution is 2.22.